The molecule has 0 unspecified atom stereocenters. The van der Waals surface area contributed by atoms with Gasteiger partial charge in [-0.1, -0.05) is 42.0 Å². The van der Waals surface area contributed by atoms with Gasteiger partial charge in [0, 0.05) is 196 Å². The van der Waals surface area contributed by atoms with Crippen LogP contribution in [0.15, 0.2) is 258 Å². The zero-order valence-electron chi connectivity index (χ0n) is 79.2. The first-order valence-electron chi connectivity index (χ1n) is 45.6. The van der Waals surface area contributed by atoms with Gasteiger partial charge in [-0.15, -0.1) is 11.3 Å². The number of benzene rings is 9. The number of carbonyl (C=O) groups excluding carboxylic acids is 2. The Hall–Kier alpha value is -17.4. The zero-order valence-corrected chi connectivity index (χ0v) is 80.9. The van der Waals surface area contributed by atoms with E-state index in [-0.39, 0.29) is 18.4 Å². The van der Waals surface area contributed by atoms with Gasteiger partial charge >= 0.3 is 0 Å². The summed E-state index contributed by atoms with van der Waals surface area (Å²) in [6.07, 6.45) is 13.0. The standard InChI is InChI=1S/C25H25N3O.C23H21N3O3.C22H19N3O2.C15H12N2O.2C15H12N2S/c1-3-28-24(23(18-26)22-13-12-21(29-2)17-25(22)28)14-9-19-7-10-20(11-8-19)27-15-5-4-6-16-27;1-4-26-21(20(14-24)19-11-10-18(29-3)13-22(19)26)12-7-16-5-8-17(9-6-16)25-23(27)15-28-2;1-4-25-21(12-7-16-5-8-17(9-6-16)24-15(2)26)20(14-23)19-11-10-18(27-3)13-22(19)25;2*1-2-17-9-13(8-16)14-7-11(3-4-15(14)17)12-5-6-18-10-12;1-2-17-10-12(9-16)13-8-11(5-6-14(13)17)15-4-3-7-18-15/h7-8,10-13,17H,3-6,15-16H2,1-2H3;5-6,8-11,13H,4,15H2,1-3H3,(H,25,27);5-6,8-11,13H,4H2,1-3H3,(H,24,26);2*3-7,9-10H,2H2,1H3;3-8,10H,2H2,1H3. The Balaban J connectivity index is 0.000000135. The Labute approximate surface area is 816 Å². The maximum Gasteiger partial charge on any atom is 0.250 e. The third-order valence-electron chi connectivity index (χ3n) is 23.9. The largest absolute Gasteiger partial charge is 0.497 e. The molecule has 0 aliphatic carbocycles. The van der Waals surface area contributed by atoms with Gasteiger partial charge in [-0.25, -0.2) is 0 Å². The number of fused-ring (bicyclic) bond motifs is 6. The highest BCUT2D eigenvalue weighted by molar-refractivity contribution is 7.13. The first-order valence-corrected chi connectivity index (χ1v) is 47.4. The number of nitrogens with zero attached hydrogens (tertiary/aromatic N) is 13. The van der Waals surface area contributed by atoms with Crippen molar-refractivity contribution in [2.24, 2.45) is 0 Å². The molecule has 0 saturated carbocycles. The Morgan fingerprint density at radius 1 is 0.396 bits per heavy atom. The molecule has 1 saturated heterocycles. The predicted octanol–water partition coefficient (Wildman–Crippen LogP) is 24.7. The van der Waals surface area contributed by atoms with Crippen LogP contribution in [0.5, 0.6) is 17.2 Å². The number of hydrogen-bond donors (Lipinski definition) is 2. The van der Waals surface area contributed by atoms with E-state index in [1.165, 1.54) is 60.6 Å². The average Bonchev–Trinajstić information content (AvgIpc) is 1.62. The van der Waals surface area contributed by atoms with Gasteiger partial charge in [-0.05, 0) is 281 Å². The number of aromatic nitrogens is 6. The Bertz CT molecular complexity index is 7670. The van der Waals surface area contributed by atoms with Crippen LogP contribution in [0.25, 0.3) is 98.1 Å². The van der Waals surface area contributed by atoms with Crippen LogP contribution in [0.3, 0.4) is 0 Å². The average molecular weight is 1870 g/mol. The first-order chi connectivity index (χ1) is 67.9. The van der Waals surface area contributed by atoms with Crippen molar-refractivity contribution in [3.05, 3.63) is 321 Å². The van der Waals surface area contributed by atoms with Gasteiger partial charge < -0.3 is 66.3 Å². The monoisotopic (exact) mass is 1870 g/mol. The molecule has 0 bridgehead atoms. The normalized spacial score (nSPS) is 11.0. The number of ether oxygens (including phenoxy) is 4. The van der Waals surface area contributed by atoms with Crippen LogP contribution < -0.4 is 29.7 Å². The first kappa shape index (κ1) is 97.6. The van der Waals surface area contributed by atoms with Crippen LogP contribution in [0.2, 0.25) is 0 Å². The van der Waals surface area contributed by atoms with E-state index in [1.54, 1.807) is 80.8 Å². The maximum absolute atomic E-state index is 11.6. The second-order valence-corrected chi connectivity index (χ2v) is 33.8. The SMILES string of the molecule is CCn1c(C#Cc2ccc(N3CCCCC3)cc2)c(C#N)c2ccc(OC)cc21.CCn1c(C#Cc2ccc(NC(=O)COC)cc2)c(C#N)c2ccc(OC)cc21.CCn1c(C#Cc2ccc(NC(C)=O)cc2)c(C#N)c2ccc(OC)cc21.CCn1cc(C#N)c2cc(-c3cccs3)ccc21.CCn1cc(C#N)c2cc(-c3ccoc3)ccc21.CCn1cc(C#N)c2cc(-c3ccsc3)ccc21. The van der Waals surface area contributed by atoms with E-state index >= 15 is 0 Å². The zero-order chi connectivity index (χ0) is 98.0. The molecule has 22 nitrogen and oxygen atoms in total. The van der Waals surface area contributed by atoms with Crippen LogP contribution in [-0.2, 0) is 53.6 Å². The molecule has 1 aliphatic heterocycles. The number of methoxy groups -OCH3 is 4. The fourth-order valence-electron chi connectivity index (χ4n) is 16.9. The number of furan rings is 1. The molecule has 0 spiro atoms. The fourth-order valence-corrected chi connectivity index (χ4v) is 18.3. The summed E-state index contributed by atoms with van der Waals surface area (Å²) >= 11 is 3.41. The molecular formula is C115H101N15O7S2. The third kappa shape index (κ3) is 22.3. The lowest BCUT2D eigenvalue weighted by Crippen LogP contribution is -2.29. The Morgan fingerprint density at radius 2 is 0.806 bits per heavy atom. The number of nitrogens with one attached hydrogen (secondary N) is 2. The molecule has 18 aromatic rings. The minimum Gasteiger partial charge on any atom is -0.497 e. The molecular weight excluding hydrogens is 1770 g/mol. The number of hydrogen-bond acceptors (Lipinski definition) is 16. The van der Waals surface area contributed by atoms with Crippen LogP contribution in [0.4, 0.5) is 17.1 Å². The summed E-state index contributed by atoms with van der Waals surface area (Å²) in [6, 6.07) is 80.8. The lowest BCUT2D eigenvalue weighted by atomic mass is 10.1. The molecule has 690 valence electrons. The quantitative estimate of drug-likeness (QED) is 0.0802. The summed E-state index contributed by atoms with van der Waals surface area (Å²) in [7, 11) is 6.36. The van der Waals surface area contributed by atoms with Gasteiger partial charge in [-0.3, -0.25) is 9.59 Å². The highest BCUT2D eigenvalue weighted by Crippen LogP contribution is 2.37. The van der Waals surface area contributed by atoms with Crippen molar-refractivity contribution in [1.29, 1.82) is 31.6 Å². The van der Waals surface area contributed by atoms with Crippen molar-refractivity contribution in [2.75, 3.05) is 63.7 Å². The highest BCUT2D eigenvalue weighted by Gasteiger charge is 2.22. The van der Waals surface area contributed by atoms with Crippen LogP contribution in [-0.4, -0.2) is 87.4 Å². The molecule has 1 fully saturated rings. The van der Waals surface area contributed by atoms with Gasteiger partial charge in [0.1, 0.15) is 77.4 Å². The number of amides is 2. The van der Waals surface area contributed by atoms with E-state index in [4.69, 9.17) is 23.4 Å². The van der Waals surface area contributed by atoms with E-state index in [9.17, 15) is 41.2 Å². The molecule has 2 amide bonds. The van der Waals surface area contributed by atoms with Crippen molar-refractivity contribution in [2.45, 2.75) is 107 Å². The molecule has 24 heteroatoms. The Morgan fingerprint density at radius 3 is 1.16 bits per heavy atom. The maximum atomic E-state index is 11.6. The number of piperidine rings is 1. The second-order valence-electron chi connectivity index (χ2n) is 32.1. The summed E-state index contributed by atoms with van der Waals surface area (Å²) in [6.45, 7) is 20.9. The van der Waals surface area contributed by atoms with Crippen molar-refractivity contribution >= 4 is 117 Å². The Kier molecular flexibility index (Phi) is 32.7. The topological polar surface area (TPSA) is 284 Å². The van der Waals surface area contributed by atoms with Crippen molar-refractivity contribution < 1.29 is 33.0 Å². The van der Waals surface area contributed by atoms with Gasteiger partial charge in [0.2, 0.25) is 11.8 Å². The number of carbonyl (C=O) groups is 2. The van der Waals surface area contributed by atoms with Crippen molar-refractivity contribution in [3.63, 3.8) is 0 Å². The number of rotatable bonds is 17. The van der Waals surface area contributed by atoms with E-state index in [1.807, 2.05) is 139 Å². The molecule has 139 heavy (non-hydrogen) atoms. The van der Waals surface area contributed by atoms with Crippen LogP contribution >= 0.6 is 22.7 Å². The van der Waals surface area contributed by atoms with Crippen LogP contribution in [0, 0.1) is 104 Å². The number of anilines is 3. The fraction of sp³-hybridized carbons (Fsp3) is 0.200. The van der Waals surface area contributed by atoms with Crippen molar-refractivity contribution in [3.8, 4) is 122 Å². The van der Waals surface area contributed by atoms with Crippen molar-refractivity contribution in [1.82, 2.24) is 27.4 Å². The smallest absolute Gasteiger partial charge is 0.250 e. The summed E-state index contributed by atoms with van der Waals surface area (Å²) in [5.41, 5.74) is 23.2. The van der Waals surface area contributed by atoms with E-state index < -0.39 is 0 Å². The summed E-state index contributed by atoms with van der Waals surface area (Å²) < 4.78 is 38.3. The third-order valence-corrected chi connectivity index (χ3v) is 25.5. The van der Waals surface area contributed by atoms with Gasteiger partial charge in [-0.2, -0.15) is 42.9 Å². The highest BCUT2D eigenvalue weighted by atomic mass is 32.1. The van der Waals surface area contributed by atoms with Crippen LogP contribution in [0.1, 0.15) is 135 Å². The van der Waals surface area contributed by atoms with E-state index in [0.717, 1.165) is 178 Å². The lowest BCUT2D eigenvalue weighted by Gasteiger charge is -2.28. The lowest BCUT2D eigenvalue weighted by molar-refractivity contribution is -0.119. The van der Waals surface area contributed by atoms with Gasteiger partial charge in [0.05, 0.1) is 83.8 Å². The molecule has 0 atom stereocenters. The minimum absolute atomic E-state index is 0.00481. The molecule has 2 N–H and O–H groups in total. The molecule has 9 aromatic heterocycles. The summed E-state index contributed by atoms with van der Waals surface area (Å²) in [5.74, 6) is 21.0. The molecule has 9 aromatic carbocycles. The summed E-state index contributed by atoms with van der Waals surface area (Å²) in [4.78, 5) is 26.4. The minimum atomic E-state index is -0.215. The van der Waals surface area contributed by atoms with E-state index in [0.29, 0.717) is 46.9 Å². The molecule has 10 heterocycles. The molecule has 19 rings (SSSR count). The van der Waals surface area contributed by atoms with Gasteiger partial charge in [0.15, 0.2) is 0 Å². The second kappa shape index (κ2) is 46.5. The summed E-state index contributed by atoms with van der Waals surface area (Å²) in [5, 5.41) is 74.2. The predicted molar refractivity (Wildman–Crippen MR) is 556 cm³/mol. The number of aryl methyl sites for hydroxylation is 6. The van der Waals surface area contributed by atoms with E-state index in [2.05, 4.69) is 235 Å². The number of nitriles is 6. The number of thiophene rings is 2. The molecule has 1 aliphatic rings. The van der Waals surface area contributed by atoms with Gasteiger partial charge in [0.25, 0.3) is 0 Å². The molecule has 0 radical (unpaired) electrons.